The SMILES string of the molecule is Oc1cccc2ccc(-c3ccccc3)nc12.[Pb]. The Labute approximate surface area is 125 Å². The molecule has 86 valence electrons. The summed E-state index contributed by atoms with van der Waals surface area (Å²) in [6.07, 6.45) is 0. The van der Waals surface area contributed by atoms with Gasteiger partial charge in [-0.05, 0) is 12.1 Å². The Morgan fingerprint density at radius 2 is 1.56 bits per heavy atom. The molecule has 0 unspecified atom stereocenters. The number of hydrogen-bond donors (Lipinski definition) is 1. The molecule has 0 saturated heterocycles. The summed E-state index contributed by atoms with van der Waals surface area (Å²) in [4.78, 5) is 4.50. The third kappa shape index (κ3) is 2.38. The van der Waals surface area contributed by atoms with Gasteiger partial charge >= 0.3 is 0 Å². The summed E-state index contributed by atoms with van der Waals surface area (Å²) >= 11 is 0. The van der Waals surface area contributed by atoms with Crippen LogP contribution in [0, 0.1) is 0 Å². The van der Waals surface area contributed by atoms with Crippen molar-refractivity contribution in [3.63, 3.8) is 0 Å². The third-order valence-electron chi connectivity index (χ3n) is 2.77. The third-order valence-corrected chi connectivity index (χ3v) is 2.77. The summed E-state index contributed by atoms with van der Waals surface area (Å²) in [5, 5.41) is 10.7. The number of aromatic nitrogens is 1. The number of para-hydroxylation sites is 1. The zero-order chi connectivity index (χ0) is 11.7. The Bertz CT molecular complexity index is 668. The van der Waals surface area contributed by atoms with Crippen LogP contribution in [0.2, 0.25) is 0 Å². The summed E-state index contributed by atoms with van der Waals surface area (Å²) in [7, 11) is 0. The molecule has 0 saturated carbocycles. The fraction of sp³-hybridized carbons (Fsp3) is 0. The van der Waals surface area contributed by atoms with E-state index < -0.39 is 0 Å². The topological polar surface area (TPSA) is 33.1 Å². The molecule has 0 atom stereocenters. The van der Waals surface area contributed by atoms with Crippen LogP contribution in [0.25, 0.3) is 22.2 Å². The van der Waals surface area contributed by atoms with Gasteiger partial charge in [0.2, 0.25) is 0 Å². The molecule has 0 aliphatic heterocycles. The second-order valence-electron chi connectivity index (χ2n) is 3.91. The zero-order valence-corrected chi connectivity index (χ0v) is 13.6. The quantitative estimate of drug-likeness (QED) is 0.604. The molecule has 0 aliphatic carbocycles. The average Bonchev–Trinajstić information content (AvgIpc) is 2.40. The van der Waals surface area contributed by atoms with Crippen molar-refractivity contribution in [1.82, 2.24) is 4.98 Å². The van der Waals surface area contributed by atoms with Crippen LogP contribution in [-0.2, 0) is 0 Å². The number of nitrogens with zero attached hydrogens (tertiary/aromatic N) is 1. The Balaban J connectivity index is 0.00000120. The predicted molar refractivity (Wildman–Crippen MR) is 74.6 cm³/mol. The summed E-state index contributed by atoms with van der Waals surface area (Å²) in [6.45, 7) is 0. The number of hydrogen-bond acceptors (Lipinski definition) is 2. The fourth-order valence-corrected chi connectivity index (χ4v) is 1.90. The van der Waals surface area contributed by atoms with E-state index >= 15 is 0 Å². The number of benzene rings is 2. The van der Waals surface area contributed by atoms with E-state index in [4.69, 9.17) is 0 Å². The summed E-state index contributed by atoms with van der Waals surface area (Å²) in [5.41, 5.74) is 2.58. The standard InChI is InChI=1S/C15H11NO.Pb/c17-14-8-4-7-12-9-10-13(16-15(12)14)11-5-2-1-3-6-11;/h1-10,17H;. The maximum absolute atomic E-state index is 9.78. The van der Waals surface area contributed by atoms with Gasteiger partial charge in [-0.25, -0.2) is 4.98 Å². The van der Waals surface area contributed by atoms with E-state index in [1.54, 1.807) is 6.07 Å². The van der Waals surface area contributed by atoms with Crippen LogP contribution < -0.4 is 0 Å². The van der Waals surface area contributed by atoms with Gasteiger partial charge in [0.1, 0.15) is 11.3 Å². The van der Waals surface area contributed by atoms with Crippen LogP contribution in [0.5, 0.6) is 5.75 Å². The van der Waals surface area contributed by atoms with Gasteiger partial charge in [-0.15, -0.1) is 0 Å². The van der Waals surface area contributed by atoms with Crippen molar-refractivity contribution in [2.45, 2.75) is 0 Å². The van der Waals surface area contributed by atoms with Gasteiger partial charge < -0.3 is 5.11 Å². The number of aromatic hydroxyl groups is 1. The zero-order valence-electron chi connectivity index (χ0n) is 9.67. The van der Waals surface area contributed by atoms with Gasteiger partial charge in [0.05, 0.1) is 5.69 Å². The monoisotopic (exact) mass is 429 g/mol. The van der Waals surface area contributed by atoms with Gasteiger partial charge in [0.15, 0.2) is 0 Å². The van der Waals surface area contributed by atoms with Crippen LogP contribution in [0.4, 0.5) is 0 Å². The molecular weight excluding hydrogens is 417 g/mol. The molecular formula is C15H11NOPb. The first-order chi connectivity index (χ1) is 8.34. The first-order valence-electron chi connectivity index (χ1n) is 5.49. The molecule has 2 nitrogen and oxygen atoms in total. The maximum Gasteiger partial charge on any atom is 0.141 e. The molecule has 2 aromatic carbocycles. The Hall–Kier alpha value is -1.43. The molecule has 3 aromatic rings. The molecule has 1 N–H and O–H groups in total. The Kier molecular flexibility index (Phi) is 3.96. The molecule has 4 radical (unpaired) electrons. The number of fused-ring (bicyclic) bond motifs is 1. The van der Waals surface area contributed by atoms with Crippen LogP contribution in [0.1, 0.15) is 0 Å². The molecule has 1 heterocycles. The Morgan fingerprint density at radius 3 is 2.33 bits per heavy atom. The van der Waals surface area contributed by atoms with E-state index in [1.807, 2.05) is 54.6 Å². The van der Waals surface area contributed by atoms with E-state index in [0.29, 0.717) is 5.52 Å². The van der Waals surface area contributed by atoms with Gasteiger partial charge in [-0.2, -0.15) is 0 Å². The first-order valence-corrected chi connectivity index (χ1v) is 5.49. The molecule has 3 heteroatoms. The van der Waals surface area contributed by atoms with Crippen LogP contribution >= 0.6 is 0 Å². The molecule has 0 bridgehead atoms. The minimum Gasteiger partial charge on any atom is -0.506 e. The van der Waals surface area contributed by atoms with Crippen molar-refractivity contribution in [3.8, 4) is 17.0 Å². The summed E-state index contributed by atoms with van der Waals surface area (Å²) < 4.78 is 0. The Morgan fingerprint density at radius 1 is 0.778 bits per heavy atom. The van der Waals surface area contributed by atoms with E-state index in [0.717, 1.165) is 16.6 Å². The second-order valence-corrected chi connectivity index (χ2v) is 3.91. The maximum atomic E-state index is 9.78. The van der Waals surface area contributed by atoms with Gasteiger partial charge in [-0.3, -0.25) is 0 Å². The number of phenols is 1. The summed E-state index contributed by atoms with van der Waals surface area (Å²) in [6, 6.07) is 19.3. The van der Waals surface area contributed by atoms with Crippen molar-refractivity contribution in [2.75, 3.05) is 0 Å². The van der Waals surface area contributed by atoms with Crippen molar-refractivity contribution < 1.29 is 5.11 Å². The number of phenolic OH excluding ortho intramolecular Hbond substituents is 1. The summed E-state index contributed by atoms with van der Waals surface area (Å²) in [5.74, 6) is 0.222. The van der Waals surface area contributed by atoms with E-state index in [2.05, 4.69) is 4.98 Å². The van der Waals surface area contributed by atoms with Crippen molar-refractivity contribution in [2.24, 2.45) is 0 Å². The molecule has 0 fully saturated rings. The van der Waals surface area contributed by atoms with Crippen LogP contribution in [0.15, 0.2) is 60.7 Å². The minimum atomic E-state index is 0. The van der Waals surface area contributed by atoms with E-state index in [9.17, 15) is 5.11 Å². The van der Waals surface area contributed by atoms with E-state index in [1.165, 1.54) is 0 Å². The fourth-order valence-electron chi connectivity index (χ4n) is 1.90. The molecule has 0 aliphatic rings. The molecule has 1 aromatic heterocycles. The van der Waals surface area contributed by atoms with Gasteiger partial charge in [0, 0.05) is 38.2 Å². The van der Waals surface area contributed by atoms with Gasteiger partial charge in [-0.1, -0.05) is 48.5 Å². The first kappa shape index (κ1) is 13.0. The largest absolute Gasteiger partial charge is 0.506 e. The van der Waals surface area contributed by atoms with Gasteiger partial charge in [0.25, 0.3) is 0 Å². The second kappa shape index (κ2) is 5.48. The number of rotatable bonds is 1. The average molecular weight is 428 g/mol. The van der Waals surface area contributed by atoms with E-state index in [-0.39, 0.29) is 33.0 Å². The molecule has 0 amide bonds. The molecule has 18 heavy (non-hydrogen) atoms. The van der Waals surface area contributed by atoms with Crippen molar-refractivity contribution >= 4 is 38.2 Å². The molecule has 0 spiro atoms. The van der Waals surface area contributed by atoms with Crippen molar-refractivity contribution in [3.05, 3.63) is 60.7 Å². The minimum absolute atomic E-state index is 0. The smallest absolute Gasteiger partial charge is 0.141 e. The molecule has 3 rings (SSSR count). The normalized spacial score (nSPS) is 10.0. The predicted octanol–water partition coefficient (Wildman–Crippen LogP) is 3.23. The number of pyridine rings is 1. The van der Waals surface area contributed by atoms with Crippen LogP contribution in [-0.4, -0.2) is 37.4 Å². The van der Waals surface area contributed by atoms with Crippen LogP contribution in [0.3, 0.4) is 0 Å². The van der Waals surface area contributed by atoms with Crippen molar-refractivity contribution in [1.29, 1.82) is 0 Å².